The van der Waals surface area contributed by atoms with Crippen LogP contribution in [-0.4, -0.2) is 118 Å². The molecule has 0 amide bonds. The highest BCUT2D eigenvalue weighted by atomic mass is 16.7. The summed E-state index contributed by atoms with van der Waals surface area (Å²) >= 11 is 0. The predicted molar refractivity (Wildman–Crippen MR) is 83.0 cm³/mol. The zero-order chi connectivity index (χ0) is 20.3. The van der Waals surface area contributed by atoms with Gasteiger partial charge in [-0.1, -0.05) is 0 Å². The van der Waals surface area contributed by atoms with E-state index in [4.69, 9.17) is 23.7 Å². The number of aliphatic hydroxyl groups is 6. The number of methoxy groups -OCH3 is 1. The lowest BCUT2D eigenvalue weighted by Gasteiger charge is -2.46. The molecule has 0 saturated carbocycles. The average molecular weight is 398 g/mol. The molecule has 10 atom stereocenters. The van der Waals surface area contributed by atoms with Crippen molar-refractivity contribution in [2.75, 3.05) is 20.3 Å². The van der Waals surface area contributed by atoms with Gasteiger partial charge in [0.2, 0.25) is 0 Å². The second kappa shape index (κ2) is 9.52. The van der Waals surface area contributed by atoms with E-state index >= 15 is 0 Å². The van der Waals surface area contributed by atoms with Crippen LogP contribution in [0.2, 0.25) is 0 Å². The van der Waals surface area contributed by atoms with Crippen LogP contribution in [0.25, 0.3) is 0 Å². The fraction of sp³-hybridized carbons (Fsp3) is 0.933. The third-order valence-corrected chi connectivity index (χ3v) is 4.47. The summed E-state index contributed by atoms with van der Waals surface area (Å²) in [5.74, 6) is -0.734. The quantitative estimate of drug-likeness (QED) is 0.238. The van der Waals surface area contributed by atoms with E-state index in [9.17, 15) is 35.4 Å². The van der Waals surface area contributed by atoms with Crippen molar-refractivity contribution < 1.29 is 59.1 Å². The molecule has 0 aliphatic carbocycles. The molecule has 0 aromatic heterocycles. The van der Waals surface area contributed by atoms with Gasteiger partial charge in [-0.3, -0.25) is 4.79 Å². The zero-order valence-electron chi connectivity index (χ0n) is 14.8. The van der Waals surface area contributed by atoms with Crippen molar-refractivity contribution in [3.63, 3.8) is 0 Å². The number of hydrogen-bond acceptors (Lipinski definition) is 12. The van der Waals surface area contributed by atoms with Gasteiger partial charge in [-0.25, -0.2) is 0 Å². The Kier molecular flexibility index (Phi) is 7.88. The van der Waals surface area contributed by atoms with Gasteiger partial charge in [-0.05, 0) is 0 Å². The number of esters is 1. The highest BCUT2D eigenvalue weighted by Crippen LogP contribution is 2.30. The van der Waals surface area contributed by atoms with Crippen molar-refractivity contribution in [3.05, 3.63) is 0 Å². The molecular weight excluding hydrogens is 372 g/mol. The van der Waals surface area contributed by atoms with Crippen LogP contribution in [0.4, 0.5) is 0 Å². The van der Waals surface area contributed by atoms with Gasteiger partial charge in [0.25, 0.3) is 0 Å². The SMILES string of the molecule is CO[C@H]1O[C@H](CO)[C@@H](O)[C@H](O[C@H]2O[C@H](CO)[C@@H](O)[C@H](O)[C@@H]2O)[C@@H]1OC(C)=O. The Morgan fingerprint density at radius 2 is 1.41 bits per heavy atom. The summed E-state index contributed by atoms with van der Waals surface area (Å²) in [6.07, 6.45) is -14.4. The Morgan fingerprint density at radius 3 is 1.93 bits per heavy atom. The first kappa shape index (κ1) is 22.4. The fourth-order valence-electron chi connectivity index (χ4n) is 3.04. The minimum Gasteiger partial charge on any atom is -0.454 e. The van der Waals surface area contributed by atoms with E-state index in [1.165, 1.54) is 7.11 Å². The Morgan fingerprint density at radius 1 is 0.852 bits per heavy atom. The Labute approximate surface area is 154 Å². The van der Waals surface area contributed by atoms with Gasteiger partial charge in [0.05, 0.1) is 13.2 Å². The molecule has 0 aromatic carbocycles. The molecule has 0 spiro atoms. The Balaban J connectivity index is 2.25. The number of carbonyl (C=O) groups excluding carboxylic acids is 1. The van der Waals surface area contributed by atoms with Crippen molar-refractivity contribution in [3.8, 4) is 0 Å². The van der Waals surface area contributed by atoms with Crippen molar-refractivity contribution in [2.24, 2.45) is 0 Å². The molecule has 12 heteroatoms. The van der Waals surface area contributed by atoms with Crippen molar-refractivity contribution in [1.82, 2.24) is 0 Å². The molecule has 0 radical (unpaired) electrons. The van der Waals surface area contributed by atoms with Crippen LogP contribution in [0.15, 0.2) is 0 Å². The van der Waals surface area contributed by atoms with Gasteiger partial charge < -0.3 is 54.3 Å². The van der Waals surface area contributed by atoms with E-state index < -0.39 is 80.6 Å². The minimum atomic E-state index is -1.73. The van der Waals surface area contributed by atoms with Crippen molar-refractivity contribution in [1.29, 1.82) is 0 Å². The maximum atomic E-state index is 11.4. The molecule has 2 aliphatic rings. The molecule has 27 heavy (non-hydrogen) atoms. The summed E-state index contributed by atoms with van der Waals surface area (Å²) in [6.45, 7) is -0.168. The van der Waals surface area contributed by atoms with Crippen LogP contribution >= 0.6 is 0 Å². The zero-order valence-corrected chi connectivity index (χ0v) is 14.8. The van der Waals surface area contributed by atoms with E-state index in [1.807, 2.05) is 0 Å². The molecule has 0 aromatic rings. The molecule has 158 valence electrons. The fourth-order valence-corrected chi connectivity index (χ4v) is 3.04. The van der Waals surface area contributed by atoms with Gasteiger partial charge in [0.15, 0.2) is 18.7 Å². The maximum absolute atomic E-state index is 11.4. The second-order valence-electron chi connectivity index (χ2n) is 6.32. The van der Waals surface area contributed by atoms with Crippen LogP contribution in [0, 0.1) is 0 Å². The molecule has 2 heterocycles. The lowest BCUT2D eigenvalue weighted by atomic mass is 9.97. The normalized spacial score (nSPS) is 45.5. The Bertz CT molecular complexity index is 487. The number of aliphatic hydroxyl groups excluding tert-OH is 6. The molecule has 2 aliphatic heterocycles. The summed E-state index contributed by atoms with van der Waals surface area (Å²) in [7, 11) is 1.25. The van der Waals surface area contributed by atoms with E-state index in [1.54, 1.807) is 0 Å². The average Bonchev–Trinajstić information content (AvgIpc) is 2.64. The first-order chi connectivity index (χ1) is 12.7. The lowest BCUT2D eigenvalue weighted by Crippen LogP contribution is -2.65. The van der Waals surface area contributed by atoms with Crippen molar-refractivity contribution in [2.45, 2.75) is 68.3 Å². The van der Waals surface area contributed by atoms with Crippen LogP contribution < -0.4 is 0 Å². The van der Waals surface area contributed by atoms with Gasteiger partial charge >= 0.3 is 5.97 Å². The summed E-state index contributed by atoms with van der Waals surface area (Å²) in [5.41, 5.74) is 0. The van der Waals surface area contributed by atoms with Gasteiger partial charge in [-0.15, -0.1) is 0 Å². The number of carbonyl (C=O) groups is 1. The summed E-state index contributed by atoms with van der Waals surface area (Å²) in [5, 5.41) is 58.9. The first-order valence-electron chi connectivity index (χ1n) is 8.35. The Hall–Kier alpha value is -0.930. The summed E-state index contributed by atoms with van der Waals surface area (Å²) < 4.78 is 26.3. The van der Waals surface area contributed by atoms with E-state index in [0.29, 0.717) is 0 Å². The summed E-state index contributed by atoms with van der Waals surface area (Å²) in [6, 6.07) is 0. The van der Waals surface area contributed by atoms with E-state index in [-0.39, 0.29) is 0 Å². The molecule has 0 unspecified atom stereocenters. The smallest absolute Gasteiger partial charge is 0.303 e. The highest BCUT2D eigenvalue weighted by Gasteiger charge is 2.52. The largest absolute Gasteiger partial charge is 0.454 e. The first-order valence-corrected chi connectivity index (χ1v) is 8.35. The number of ether oxygens (including phenoxy) is 5. The third kappa shape index (κ3) is 4.74. The molecule has 0 bridgehead atoms. The van der Waals surface area contributed by atoms with Gasteiger partial charge in [0.1, 0.15) is 42.7 Å². The van der Waals surface area contributed by atoms with Crippen LogP contribution in [0.3, 0.4) is 0 Å². The van der Waals surface area contributed by atoms with Crippen LogP contribution in [0.1, 0.15) is 6.92 Å². The van der Waals surface area contributed by atoms with Crippen LogP contribution in [-0.2, 0) is 28.5 Å². The molecule has 2 fully saturated rings. The van der Waals surface area contributed by atoms with Gasteiger partial charge in [0, 0.05) is 14.0 Å². The monoisotopic (exact) mass is 398 g/mol. The number of hydrogen-bond donors (Lipinski definition) is 6. The third-order valence-electron chi connectivity index (χ3n) is 4.47. The number of rotatable bonds is 6. The van der Waals surface area contributed by atoms with Gasteiger partial charge in [-0.2, -0.15) is 0 Å². The second-order valence-corrected chi connectivity index (χ2v) is 6.32. The molecule has 6 N–H and O–H groups in total. The molecule has 2 saturated heterocycles. The summed E-state index contributed by atoms with van der Waals surface area (Å²) in [4.78, 5) is 11.4. The molecule has 12 nitrogen and oxygen atoms in total. The molecular formula is C15H26O12. The lowest BCUT2D eigenvalue weighted by molar-refractivity contribution is -0.358. The molecule has 2 rings (SSSR count). The van der Waals surface area contributed by atoms with Crippen molar-refractivity contribution >= 4 is 5.97 Å². The van der Waals surface area contributed by atoms with Crippen LogP contribution in [0.5, 0.6) is 0 Å². The highest BCUT2D eigenvalue weighted by molar-refractivity contribution is 5.66. The topological polar surface area (TPSA) is 185 Å². The minimum absolute atomic E-state index is 0.609. The van der Waals surface area contributed by atoms with E-state index in [2.05, 4.69) is 0 Å². The standard InChI is InChI=1S/C15H26O12/c1-5(18)24-13-12(9(20)7(4-17)26-15(13)23-2)27-14-11(22)10(21)8(19)6(3-16)25-14/h6-17,19-22H,3-4H2,1-2H3/t6-,7-,8-,9-,10+,11+,12+,13+,14-,15+/m1/s1. The maximum Gasteiger partial charge on any atom is 0.303 e. The van der Waals surface area contributed by atoms with E-state index in [0.717, 1.165) is 6.92 Å². The predicted octanol–water partition coefficient (Wildman–Crippen LogP) is -4.17.